The smallest absolute Gasteiger partial charge is 0.255 e. The van der Waals surface area contributed by atoms with Crippen molar-refractivity contribution in [3.8, 4) is 0 Å². The molecule has 3 rings (SSSR count). The van der Waals surface area contributed by atoms with Crippen LogP contribution in [0, 0.1) is 0 Å². The fraction of sp³-hybridized carbons (Fsp3) is 0.533. The van der Waals surface area contributed by atoms with Gasteiger partial charge in [-0.3, -0.25) is 4.79 Å². The molecule has 23 heavy (non-hydrogen) atoms. The average molecular weight is 377 g/mol. The van der Waals surface area contributed by atoms with Gasteiger partial charge in [0.2, 0.25) is 10.0 Å². The van der Waals surface area contributed by atoms with Crippen molar-refractivity contribution in [2.24, 2.45) is 0 Å². The van der Waals surface area contributed by atoms with E-state index in [0.29, 0.717) is 13.1 Å². The molecule has 0 bridgehead atoms. The molecule has 0 aromatic heterocycles. The number of benzene rings is 1. The van der Waals surface area contributed by atoms with Crippen LogP contribution in [0.2, 0.25) is 10.0 Å². The minimum Gasteiger partial charge on any atom is -0.339 e. The lowest BCUT2D eigenvalue weighted by atomic mass is 10.1. The van der Waals surface area contributed by atoms with E-state index in [2.05, 4.69) is 4.72 Å². The predicted octanol–water partition coefficient (Wildman–Crippen LogP) is 3.06. The molecule has 2 fully saturated rings. The van der Waals surface area contributed by atoms with Gasteiger partial charge in [0, 0.05) is 19.1 Å². The fourth-order valence-corrected chi connectivity index (χ4v) is 4.81. The molecule has 0 unspecified atom stereocenters. The molecular weight excluding hydrogens is 359 g/mol. The molecule has 0 atom stereocenters. The molecular formula is C15H18Cl2N2O3S. The van der Waals surface area contributed by atoms with Gasteiger partial charge in [-0.2, -0.15) is 0 Å². The van der Waals surface area contributed by atoms with Crippen molar-refractivity contribution in [1.82, 2.24) is 9.62 Å². The second kappa shape index (κ2) is 6.59. The average Bonchev–Trinajstić information content (AvgIpc) is 3.30. The first-order valence-corrected chi connectivity index (χ1v) is 9.93. The number of likely N-dealkylation sites (tertiary alicyclic amines) is 1. The molecule has 8 heteroatoms. The van der Waals surface area contributed by atoms with Crippen LogP contribution in [0.4, 0.5) is 0 Å². The van der Waals surface area contributed by atoms with Gasteiger partial charge >= 0.3 is 0 Å². The van der Waals surface area contributed by atoms with Crippen LogP contribution in [0.3, 0.4) is 0 Å². The van der Waals surface area contributed by atoms with E-state index in [-0.39, 0.29) is 32.5 Å². The molecule has 1 aliphatic carbocycles. The summed E-state index contributed by atoms with van der Waals surface area (Å²) >= 11 is 12.2. The van der Waals surface area contributed by atoms with Crippen LogP contribution in [0.1, 0.15) is 42.5 Å². The third-order valence-electron chi connectivity index (χ3n) is 4.08. The second-order valence-electron chi connectivity index (χ2n) is 6.01. The summed E-state index contributed by atoms with van der Waals surface area (Å²) in [6.45, 7) is 1.33. The summed E-state index contributed by atoms with van der Waals surface area (Å²) in [4.78, 5) is 14.3. The van der Waals surface area contributed by atoms with E-state index in [1.165, 1.54) is 12.1 Å². The molecule has 1 aromatic rings. The van der Waals surface area contributed by atoms with E-state index in [9.17, 15) is 13.2 Å². The van der Waals surface area contributed by atoms with Crippen molar-refractivity contribution in [1.29, 1.82) is 0 Å². The highest BCUT2D eigenvalue weighted by Gasteiger charge is 2.31. The Labute approximate surface area is 146 Å². The van der Waals surface area contributed by atoms with Gasteiger partial charge in [-0.1, -0.05) is 23.2 Å². The molecule has 2 aliphatic rings. The van der Waals surface area contributed by atoms with Crippen LogP contribution in [-0.4, -0.2) is 38.4 Å². The molecule has 126 valence electrons. The summed E-state index contributed by atoms with van der Waals surface area (Å²) in [5, 5.41) is 0.203. The zero-order valence-electron chi connectivity index (χ0n) is 12.5. The highest BCUT2D eigenvalue weighted by atomic mass is 35.5. The fourth-order valence-electron chi connectivity index (χ4n) is 2.65. The normalized spacial score (nSPS) is 19.0. The van der Waals surface area contributed by atoms with Crippen LogP contribution < -0.4 is 4.72 Å². The Bertz CT molecular complexity index is 726. The molecule has 1 heterocycles. The second-order valence-corrected chi connectivity index (χ2v) is 8.51. The molecule has 1 N–H and O–H groups in total. The Balaban J connectivity index is 1.94. The summed E-state index contributed by atoms with van der Waals surface area (Å²) in [7, 11) is -3.74. The number of sulfonamides is 1. The zero-order valence-corrected chi connectivity index (χ0v) is 14.8. The topological polar surface area (TPSA) is 66.5 Å². The molecule has 0 radical (unpaired) electrons. The van der Waals surface area contributed by atoms with E-state index >= 15 is 0 Å². The van der Waals surface area contributed by atoms with Crippen LogP contribution in [0.25, 0.3) is 0 Å². The summed E-state index contributed by atoms with van der Waals surface area (Å²) < 4.78 is 27.4. The van der Waals surface area contributed by atoms with Crippen LogP contribution in [0.15, 0.2) is 17.0 Å². The van der Waals surface area contributed by atoms with Crippen molar-refractivity contribution >= 4 is 39.1 Å². The zero-order chi connectivity index (χ0) is 16.6. The van der Waals surface area contributed by atoms with Crippen LogP contribution in [-0.2, 0) is 10.0 Å². The van der Waals surface area contributed by atoms with Crippen molar-refractivity contribution in [3.63, 3.8) is 0 Å². The van der Waals surface area contributed by atoms with E-state index in [4.69, 9.17) is 23.2 Å². The number of hydrogen-bond donors (Lipinski definition) is 1. The molecule has 1 aromatic carbocycles. The molecule has 0 spiro atoms. The third kappa shape index (κ3) is 3.82. The van der Waals surface area contributed by atoms with Gasteiger partial charge in [0.1, 0.15) is 4.90 Å². The first-order valence-electron chi connectivity index (χ1n) is 7.69. The monoisotopic (exact) mass is 376 g/mol. The molecule has 1 saturated carbocycles. The number of rotatable bonds is 4. The number of piperidine rings is 1. The van der Waals surface area contributed by atoms with Gasteiger partial charge < -0.3 is 4.90 Å². The Morgan fingerprint density at radius 1 is 1.09 bits per heavy atom. The van der Waals surface area contributed by atoms with Crippen molar-refractivity contribution in [2.75, 3.05) is 13.1 Å². The van der Waals surface area contributed by atoms with Gasteiger partial charge in [0.05, 0.1) is 15.6 Å². The first kappa shape index (κ1) is 17.0. The van der Waals surface area contributed by atoms with E-state index in [0.717, 1.165) is 32.1 Å². The van der Waals surface area contributed by atoms with Gasteiger partial charge in [-0.25, -0.2) is 13.1 Å². The lowest BCUT2D eigenvalue weighted by Crippen LogP contribution is -2.36. The van der Waals surface area contributed by atoms with Gasteiger partial charge in [-0.15, -0.1) is 0 Å². The maximum absolute atomic E-state index is 12.6. The maximum atomic E-state index is 12.6. The molecule has 1 amide bonds. The molecule has 5 nitrogen and oxygen atoms in total. The SMILES string of the molecule is O=C(c1cc(S(=O)(=O)NC2CC2)c(Cl)cc1Cl)N1CCCCC1. The number of nitrogens with one attached hydrogen (secondary N) is 1. The molecule has 1 aliphatic heterocycles. The summed E-state index contributed by atoms with van der Waals surface area (Å²) in [6.07, 6.45) is 4.65. The number of halogens is 2. The van der Waals surface area contributed by atoms with E-state index in [1.807, 2.05) is 0 Å². The summed E-state index contributed by atoms with van der Waals surface area (Å²) in [5.74, 6) is -0.241. The van der Waals surface area contributed by atoms with Crippen molar-refractivity contribution in [3.05, 3.63) is 27.7 Å². The van der Waals surface area contributed by atoms with Crippen LogP contribution in [0.5, 0.6) is 0 Å². The maximum Gasteiger partial charge on any atom is 0.255 e. The molecule has 1 saturated heterocycles. The summed E-state index contributed by atoms with van der Waals surface area (Å²) in [5.41, 5.74) is 0.189. The lowest BCUT2D eigenvalue weighted by molar-refractivity contribution is 0.0724. The quantitative estimate of drug-likeness (QED) is 0.877. The highest BCUT2D eigenvalue weighted by molar-refractivity contribution is 7.89. The standard InChI is InChI=1S/C15H18Cl2N2O3S/c16-12-9-13(17)14(23(21,22)18-10-4-5-10)8-11(12)15(20)19-6-2-1-3-7-19/h8-10,18H,1-7H2. The van der Waals surface area contributed by atoms with Crippen LogP contribution >= 0.6 is 23.2 Å². The Hall–Kier alpha value is -0.820. The number of carbonyl (C=O) groups excluding carboxylic acids is 1. The number of carbonyl (C=O) groups is 1. The number of hydrogen-bond acceptors (Lipinski definition) is 3. The van der Waals surface area contributed by atoms with Crippen molar-refractivity contribution < 1.29 is 13.2 Å². The third-order valence-corrected chi connectivity index (χ3v) is 6.38. The minimum atomic E-state index is -3.74. The van der Waals surface area contributed by atoms with Gasteiger partial charge in [-0.05, 0) is 44.2 Å². The predicted molar refractivity (Wildman–Crippen MR) is 89.6 cm³/mol. The van der Waals surface area contributed by atoms with E-state index < -0.39 is 10.0 Å². The Morgan fingerprint density at radius 2 is 1.74 bits per heavy atom. The largest absolute Gasteiger partial charge is 0.339 e. The number of nitrogens with zero attached hydrogens (tertiary/aromatic N) is 1. The van der Waals surface area contributed by atoms with Gasteiger partial charge in [0.25, 0.3) is 5.91 Å². The van der Waals surface area contributed by atoms with Crippen molar-refractivity contribution in [2.45, 2.75) is 43.0 Å². The van der Waals surface area contributed by atoms with Gasteiger partial charge in [0.15, 0.2) is 0 Å². The highest BCUT2D eigenvalue weighted by Crippen LogP contribution is 2.31. The first-order chi connectivity index (χ1) is 10.9. The summed E-state index contributed by atoms with van der Waals surface area (Å²) in [6, 6.07) is 2.60. The minimum absolute atomic E-state index is 0.0262. The Morgan fingerprint density at radius 3 is 2.35 bits per heavy atom. The van der Waals surface area contributed by atoms with E-state index in [1.54, 1.807) is 4.90 Å². The lowest BCUT2D eigenvalue weighted by Gasteiger charge is -2.27. The Kier molecular flexibility index (Phi) is 4.88. The number of amides is 1.